The molecule has 0 bridgehead atoms. The third-order valence-electron chi connectivity index (χ3n) is 6.02. The molecular formula is C24H24N6O. The highest BCUT2D eigenvalue weighted by atomic mass is 16.5. The van der Waals surface area contributed by atoms with Gasteiger partial charge in [0.1, 0.15) is 17.5 Å². The number of rotatable bonds is 5. The van der Waals surface area contributed by atoms with Gasteiger partial charge < -0.3 is 10.1 Å². The summed E-state index contributed by atoms with van der Waals surface area (Å²) in [6.45, 7) is 1.89. The van der Waals surface area contributed by atoms with Crippen LogP contribution in [-0.4, -0.2) is 44.3 Å². The van der Waals surface area contributed by atoms with Crippen molar-refractivity contribution in [1.29, 1.82) is 0 Å². The molecule has 6 rings (SSSR count). The maximum Gasteiger partial charge on any atom is 0.233 e. The van der Waals surface area contributed by atoms with Gasteiger partial charge in [0.25, 0.3) is 0 Å². The summed E-state index contributed by atoms with van der Waals surface area (Å²) in [6, 6.07) is 12.6. The van der Waals surface area contributed by atoms with E-state index in [-0.39, 0.29) is 6.10 Å². The molecule has 0 unspecified atom stereocenters. The Kier molecular flexibility index (Phi) is 4.61. The van der Waals surface area contributed by atoms with Crippen LogP contribution in [0.3, 0.4) is 0 Å². The summed E-state index contributed by atoms with van der Waals surface area (Å²) in [7, 11) is 0. The predicted molar refractivity (Wildman–Crippen MR) is 119 cm³/mol. The first-order valence-electron chi connectivity index (χ1n) is 11.0. The summed E-state index contributed by atoms with van der Waals surface area (Å²) < 4.78 is 6.06. The number of aromatic nitrogens is 5. The number of nitrogens with one attached hydrogen (secondary N) is 2. The number of benzene rings is 1. The van der Waals surface area contributed by atoms with Gasteiger partial charge in [0, 0.05) is 29.1 Å². The largest absolute Gasteiger partial charge is 0.472 e. The van der Waals surface area contributed by atoms with Crippen molar-refractivity contribution in [2.75, 3.05) is 13.1 Å². The van der Waals surface area contributed by atoms with E-state index < -0.39 is 0 Å². The highest BCUT2D eigenvalue weighted by molar-refractivity contribution is 5.94. The number of hydrogen-bond acceptors (Lipinski definition) is 6. The molecule has 1 saturated heterocycles. The number of ether oxygens (including phenoxy) is 1. The van der Waals surface area contributed by atoms with Crippen LogP contribution in [0.5, 0.6) is 5.88 Å². The topological polar surface area (TPSA) is 88.6 Å². The van der Waals surface area contributed by atoms with Crippen LogP contribution in [0, 0.1) is 0 Å². The van der Waals surface area contributed by atoms with E-state index in [1.165, 1.54) is 18.5 Å². The van der Waals surface area contributed by atoms with Crippen molar-refractivity contribution < 1.29 is 4.74 Å². The van der Waals surface area contributed by atoms with Crippen LogP contribution < -0.4 is 10.1 Å². The lowest BCUT2D eigenvalue weighted by Crippen LogP contribution is -2.37. The van der Waals surface area contributed by atoms with Gasteiger partial charge in [-0.25, -0.2) is 4.98 Å². The normalized spacial score (nSPS) is 18.9. The summed E-state index contributed by atoms with van der Waals surface area (Å²) in [5.74, 6) is 1.17. The van der Waals surface area contributed by atoms with E-state index >= 15 is 0 Å². The quantitative estimate of drug-likeness (QED) is 0.513. The summed E-state index contributed by atoms with van der Waals surface area (Å²) in [4.78, 5) is 13.9. The van der Waals surface area contributed by atoms with Crippen LogP contribution in [0.15, 0.2) is 48.8 Å². The maximum absolute atomic E-state index is 6.06. The van der Waals surface area contributed by atoms with E-state index in [1.807, 2.05) is 6.07 Å². The molecule has 31 heavy (non-hydrogen) atoms. The Hall–Kier alpha value is -3.32. The van der Waals surface area contributed by atoms with Gasteiger partial charge in [-0.3, -0.25) is 15.1 Å². The summed E-state index contributed by atoms with van der Waals surface area (Å²) in [6.07, 6.45) is 8.17. The number of aromatic amines is 1. The van der Waals surface area contributed by atoms with E-state index in [2.05, 4.69) is 50.8 Å². The highest BCUT2D eigenvalue weighted by Gasteiger charge is 2.25. The molecule has 4 aromatic rings. The summed E-state index contributed by atoms with van der Waals surface area (Å²) >= 11 is 0. The first-order valence-corrected chi connectivity index (χ1v) is 11.0. The van der Waals surface area contributed by atoms with E-state index in [0.29, 0.717) is 17.5 Å². The van der Waals surface area contributed by atoms with Gasteiger partial charge in [-0.05, 0) is 56.5 Å². The van der Waals surface area contributed by atoms with Crippen LogP contribution in [-0.2, 0) is 0 Å². The number of fused-ring (bicyclic) bond motifs is 1. The Labute approximate surface area is 180 Å². The minimum Gasteiger partial charge on any atom is -0.472 e. The monoisotopic (exact) mass is 412 g/mol. The molecule has 0 radical (unpaired) electrons. The molecule has 2 aliphatic rings. The standard InChI is InChI=1S/C24H24N6O/c1-4-19(15-6-7-15)27-20(5-1)16-8-9-21-18(11-16)24(30-29-21)22-13-26-14-23(28-22)31-17-3-2-10-25-12-17/h1,4-5,8-9,11,13-15,17,25H,2-3,6-7,10,12H2,(H,29,30)/t17-/m1/s1. The lowest BCUT2D eigenvalue weighted by Gasteiger charge is -2.23. The van der Waals surface area contributed by atoms with Crippen molar-refractivity contribution in [3.05, 3.63) is 54.5 Å². The molecule has 7 nitrogen and oxygen atoms in total. The summed E-state index contributed by atoms with van der Waals surface area (Å²) in [5.41, 5.74) is 5.69. The van der Waals surface area contributed by atoms with Gasteiger partial charge in [-0.2, -0.15) is 5.10 Å². The predicted octanol–water partition coefficient (Wildman–Crippen LogP) is 4.09. The van der Waals surface area contributed by atoms with E-state index in [0.717, 1.165) is 53.8 Å². The second kappa shape index (κ2) is 7.74. The second-order valence-electron chi connectivity index (χ2n) is 8.38. The van der Waals surface area contributed by atoms with Crippen molar-refractivity contribution >= 4 is 10.9 Å². The Morgan fingerprint density at radius 2 is 1.94 bits per heavy atom. The molecule has 0 spiro atoms. The van der Waals surface area contributed by atoms with Crippen LogP contribution >= 0.6 is 0 Å². The third kappa shape index (κ3) is 3.77. The number of nitrogens with zero attached hydrogens (tertiary/aromatic N) is 4. The fraction of sp³-hybridized carbons (Fsp3) is 0.333. The van der Waals surface area contributed by atoms with E-state index in [1.54, 1.807) is 12.4 Å². The molecule has 156 valence electrons. The van der Waals surface area contributed by atoms with Gasteiger partial charge in [-0.15, -0.1) is 0 Å². The highest BCUT2D eigenvalue weighted by Crippen LogP contribution is 2.39. The molecule has 1 saturated carbocycles. The fourth-order valence-corrected chi connectivity index (χ4v) is 4.20. The van der Waals surface area contributed by atoms with E-state index in [9.17, 15) is 0 Å². The zero-order valence-electron chi connectivity index (χ0n) is 17.2. The average molecular weight is 412 g/mol. The van der Waals surface area contributed by atoms with Crippen LogP contribution in [0.2, 0.25) is 0 Å². The Morgan fingerprint density at radius 1 is 0.968 bits per heavy atom. The molecule has 2 N–H and O–H groups in total. The molecular weight excluding hydrogens is 388 g/mol. The zero-order chi connectivity index (χ0) is 20.6. The van der Waals surface area contributed by atoms with Crippen LogP contribution in [0.4, 0.5) is 0 Å². The van der Waals surface area contributed by atoms with E-state index in [4.69, 9.17) is 14.7 Å². The number of piperidine rings is 1. The molecule has 0 amide bonds. The van der Waals surface area contributed by atoms with Crippen molar-refractivity contribution in [3.8, 4) is 28.5 Å². The van der Waals surface area contributed by atoms with Crippen molar-refractivity contribution in [1.82, 2.24) is 30.5 Å². The fourth-order valence-electron chi connectivity index (χ4n) is 4.20. The van der Waals surface area contributed by atoms with Gasteiger partial charge in [0.05, 0.1) is 23.6 Å². The van der Waals surface area contributed by atoms with Crippen molar-refractivity contribution in [2.45, 2.75) is 37.7 Å². The lowest BCUT2D eigenvalue weighted by atomic mass is 10.1. The summed E-state index contributed by atoms with van der Waals surface area (Å²) in [5, 5.41) is 12.0. The minimum atomic E-state index is 0.130. The molecule has 3 aromatic heterocycles. The third-order valence-corrected chi connectivity index (χ3v) is 6.02. The van der Waals surface area contributed by atoms with Gasteiger partial charge in [0.2, 0.25) is 5.88 Å². The van der Waals surface area contributed by atoms with Gasteiger partial charge in [0.15, 0.2) is 0 Å². The molecule has 1 aliphatic carbocycles. The van der Waals surface area contributed by atoms with Crippen LogP contribution in [0.25, 0.3) is 33.5 Å². The minimum absolute atomic E-state index is 0.130. The Morgan fingerprint density at radius 3 is 2.81 bits per heavy atom. The smallest absolute Gasteiger partial charge is 0.233 e. The number of hydrogen-bond donors (Lipinski definition) is 2. The van der Waals surface area contributed by atoms with Gasteiger partial charge >= 0.3 is 0 Å². The SMILES string of the molecule is c1cc(-c2ccc3[nH]nc(-c4cncc(O[C@@H]5CCCNC5)n4)c3c2)nc(C2CC2)c1. The Bertz CT molecular complexity index is 1230. The van der Waals surface area contributed by atoms with Gasteiger partial charge in [-0.1, -0.05) is 12.1 Å². The molecule has 2 fully saturated rings. The molecule has 1 aliphatic heterocycles. The lowest BCUT2D eigenvalue weighted by molar-refractivity contribution is 0.160. The van der Waals surface area contributed by atoms with Crippen molar-refractivity contribution in [2.24, 2.45) is 0 Å². The first-order chi connectivity index (χ1) is 15.3. The zero-order valence-corrected chi connectivity index (χ0v) is 17.2. The molecule has 7 heteroatoms. The number of pyridine rings is 1. The molecule has 1 atom stereocenters. The average Bonchev–Trinajstić information content (AvgIpc) is 3.59. The molecule has 1 aromatic carbocycles. The molecule has 4 heterocycles. The Balaban J connectivity index is 1.34. The second-order valence-corrected chi connectivity index (χ2v) is 8.38. The first kappa shape index (κ1) is 18.4. The van der Waals surface area contributed by atoms with Crippen LogP contribution in [0.1, 0.15) is 37.3 Å². The van der Waals surface area contributed by atoms with Crippen molar-refractivity contribution in [3.63, 3.8) is 0 Å². The number of H-pyrrole nitrogens is 1. The maximum atomic E-state index is 6.06.